The maximum atomic E-state index is 6.58. The zero-order valence-electron chi connectivity index (χ0n) is 33.4. The first-order valence-electron chi connectivity index (χ1n) is 21.0. The van der Waals surface area contributed by atoms with Crippen LogP contribution in [0.15, 0.2) is 226 Å². The average molecular weight is 794 g/mol. The predicted octanol–water partition coefficient (Wildman–Crippen LogP) is 17.0. The average Bonchev–Trinajstić information content (AvgIpc) is 4.03. The van der Waals surface area contributed by atoms with Gasteiger partial charge in [0.15, 0.2) is 0 Å². The van der Waals surface area contributed by atoms with E-state index in [0.717, 1.165) is 122 Å². The van der Waals surface area contributed by atoms with Crippen LogP contribution < -0.4 is 4.90 Å². The SMILES string of the molecule is c1ccc(N(c2ccc(-c3cccc4c3oc3ccccc34)cc2)c2ccc(-c3cccc4oc5ccccc5c34)cc2)c(-c2cccc3oc4cc5ccccc5cc4c23)c1. The molecule has 13 rings (SSSR count). The molecule has 3 aromatic heterocycles. The molecule has 0 atom stereocenters. The number of nitrogens with zero attached hydrogens (tertiary/aromatic N) is 1. The van der Waals surface area contributed by atoms with E-state index in [1.807, 2.05) is 24.3 Å². The lowest BCUT2D eigenvalue weighted by molar-refractivity contribution is 0.669. The number of benzene rings is 10. The van der Waals surface area contributed by atoms with Gasteiger partial charge in [-0.3, -0.25) is 0 Å². The minimum absolute atomic E-state index is 0.864. The summed E-state index contributed by atoms with van der Waals surface area (Å²) < 4.78 is 19.3. The molecule has 0 amide bonds. The van der Waals surface area contributed by atoms with Gasteiger partial charge in [-0.15, -0.1) is 0 Å². The van der Waals surface area contributed by atoms with Gasteiger partial charge in [0.05, 0.1) is 5.69 Å². The first kappa shape index (κ1) is 34.5. The quantitative estimate of drug-likeness (QED) is 0.168. The molecule has 0 bridgehead atoms. The predicted molar refractivity (Wildman–Crippen MR) is 257 cm³/mol. The summed E-state index contributed by atoms with van der Waals surface area (Å²) in [6, 6.07) is 75.1. The molecule has 0 aliphatic carbocycles. The van der Waals surface area contributed by atoms with Crippen LogP contribution in [-0.4, -0.2) is 0 Å². The maximum absolute atomic E-state index is 6.58. The van der Waals surface area contributed by atoms with Crippen molar-refractivity contribution in [3.63, 3.8) is 0 Å². The molecule has 62 heavy (non-hydrogen) atoms. The van der Waals surface area contributed by atoms with Crippen molar-refractivity contribution in [3.05, 3.63) is 212 Å². The normalized spacial score (nSPS) is 11.9. The van der Waals surface area contributed by atoms with Crippen LogP contribution in [0.2, 0.25) is 0 Å². The molecule has 0 radical (unpaired) electrons. The van der Waals surface area contributed by atoms with Crippen molar-refractivity contribution in [1.29, 1.82) is 0 Å². The van der Waals surface area contributed by atoms with Gasteiger partial charge in [0, 0.05) is 54.8 Å². The second-order valence-corrected chi connectivity index (χ2v) is 16.0. The molecule has 10 aromatic carbocycles. The van der Waals surface area contributed by atoms with E-state index in [9.17, 15) is 0 Å². The molecule has 0 fully saturated rings. The Morgan fingerprint density at radius 2 is 0.790 bits per heavy atom. The minimum Gasteiger partial charge on any atom is -0.456 e. The van der Waals surface area contributed by atoms with Gasteiger partial charge in [0.2, 0.25) is 0 Å². The summed E-state index contributed by atoms with van der Waals surface area (Å²) in [4.78, 5) is 2.37. The fourth-order valence-electron chi connectivity index (χ4n) is 9.63. The summed E-state index contributed by atoms with van der Waals surface area (Å²) >= 11 is 0. The van der Waals surface area contributed by atoms with Crippen LogP contribution in [0.25, 0.3) is 110 Å². The molecule has 0 unspecified atom stereocenters. The highest BCUT2D eigenvalue weighted by molar-refractivity contribution is 6.17. The highest BCUT2D eigenvalue weighted by atomic mass is 16.3. The van der Waals surface area contributed by atoms with Crippen molar-refractivity contribution in [2.75, 3.05) is 4.90 Å². The fraction of sp³-hybridized carbons (Fsp3) is 0. The molecular formula is C58H35NO3. The lowest BCUT2D eigenvalue weighted by Gasteiger charge is -2.28. The first-order chi connectivity index (χ1) is 30.7. The third-order valence-electron chi connectivity index (χ3n) is 12.5. The van der Waals surface area contributed by atoms with Gasteiger partial charge in [-0.25, -0.2) is 0 Å². The van der Waals surface area contributed by atoms with Crippen molar-refractivity contribution in [1.82, 2.24) is 0 Å². The van der Waals surface area contributed by atoms with Gasteiger partial charge >= 0.3 is 0 Å². The topological polar surface area (TPSA) is 42.7 Å². The molecule has 0 aliphatic rings. The first-order valence-corrected chi connectivity index (χ1v) is 21.0. The van der Waals surface area contributed by atoms with Crippen molar-refractivity contribution in [2.45, 2.75) is 0 Å². The van der Waals surface area contributed by atoms with E-state index >= 15 is 0 Å². The zero-order valence-corrected chi connectivity index (χ0v) is 33.4. The molecule has 4 heteroatoms. The van der Waals surface area contributed by atoms with Gasteiger partial charge in [0.25, 0.3) is 0 Å². The van der Waals surface area contributed by atoms with Crippen LogP contribution >= 0.6 is 0 Å². The molecule has 0 saturated carbocycles. The second-order valence-electron chi connectivity index (χ2n) is 16.0. The molecule has 4 nitrogen and oxygen atoms in total. The Kier molecular flexibility index (Phi) is 7.57. The molecule has 290 valence electrons. The minimum atomic E-state index is 0.864. The number of hydrogen-bond donors (Lipinski definition) is 0. The van der Waals surface area contributed by atoms with E-state index in [2.05, 4.69) is 193 Å². The number of anilines is 3. The van der Waals surface area contributed by atoms with Crippen LogP contribution in [0.3, 0.4) is 0 Å². The third-order valence-corrected chi connectivity index (χ3v) is 12.5. The van der Waals surface area contributed by atoms with E-state index in [0.29, 0.717) is 0 Å². The number of furan rings is 3. The van der Waals surface area contributed by atoms with Crippen molar-refractivity contribution < 1.29 is 13.3 Å². The van der Waals surface area contributed by atoms with Crippen LogP contribution in [0.5, 0.6) is 0 Å². The van der Waals surface area contributed by atoms with Crippen LogP contribution in [0, 0.1) is 0 Å². The lowest BCUT2D eigenvalue weighted by atomic mass is 9.95. The number of para-hydroxylation sites is 4. The largest absolute Gasteiger partial charge is 0.456 e. The second kappa shape index (κ2) is 13.6. The Labute approximate surface area is 356 Å². The highest BCUT2D eigenvalue weighted by Gasteiger charge is 2.22. The standard InChI is InChI=1S/C58H35NO3/c1-2-13-39-35-55-49(34-38(39)12-1)57-46(19-11-25-54(57)61-55)44-14-3-6-21-50(44)59(40-30-26-36(27-31-40)42-17-10-24-53-56(42)48-16-5-8-23-52(48)60-53)41-32-28-37(29-33-41)43-18-9-20-47-45-15-4-7-22-51(45)62-58(43)47/h1-35H. The lowest BCUT2D eigenvalue weighted by Crippen LogP contribution is -2.11. The monoisotopic (exact) mass is 793 g/mol. The summed E-state index contributed by atoms with van der Waals surface area (Å²) in [6.45, 7) is 0. The van der Waals surface area contributed by atoms with E-state index in [-0.39, 0.29) is 0 Å². The summed E-state index contributed by atoms with van der Waals surface area (Å²) in [6.07, 6.45) is 0. The molecule has 3 heterocycles. The van der Waals surface area contributed by atoms with Crippen LogP contribution in [0.4, 0.5) is 17.1 Å². The summed E-state index contributed by atoms with van der Waals surface area (Å²) in [5.41, 5.74) is 15.1. The van der Waals surface area contributed by atoms with Crippen molar-refractivity contribution in [3.8, 4) is 33.4 Å². The van der Waals surface area contributed by atoms with E-state index in [4.69, 9.17) is 13.3 Å². The van der Waals surface area contributed by atoms with E-state index in [1.165, 1.54) is 5.39 Å². The summed E-state index contributed by atoms with van der Waals surface area (Å²) in [5.74, 6) is 0. The Morgan fingerprint density at radius 3 is 1.55 bits per heavy atom. The van der Waals surface area contributed by atoms with Gasteiger partial charge in [0.1, 0.15) is 33.5 Å². The highest BCUT2D eigenvalue weighted by Crippen LogP contribution is 2.47. The van der Waals surface area contributed by atoms with Crippen molar-refractivity contribution >= 4 is 93.7 Å². The number of hydrogen-bond acceptors (Lipinski definition) is 4. The van der Waals surface area contributed by atoms with Gasteiger partial charge < -0.3 is 18.2 Å². The maximum Gasteiger partial charge on any atom is 0.143 e. The molecule has 0 spiro atoms. The van der Waals surface area contributed by atoms with Gasteiger partial charge in [-0.1, -0.05) is 146 Å². The van der Waals surface area contributed by atoms with Crippen LogP contribution in [0.1, 0.15) is 0 Å². The molecule has 13 aromatic rings. The van der Waals surface area contributed by atoms with Gasteiger partial charge in [-0.05, 0) is 99.8 Å². The Morgan fingerprint density at radius 1 is 0.290 bits per heavy atom. The molecular weight excluding hydrogens is 759 g/mol. The third kappa shape index (κ3) is 5.33. The van der Waals surface area contributed by atoms with E-state index < -0.39 is 0 Å². The molecule has 0 N–H and O–H groups in total. The number of fused-ring (bicyclic) bond motifs is 10. The van der Waals surface area contributed by atoms with E-state index in [1.54, 1.807) is 0 Å². The zero-order chi connectivity index (χ0) is 40.7. The van der Waals surface area contributed by atoms with Crippen molar-refractivity contribution in [2.24, 2.45) is 0 Å². The molecule has 0 saturated heterocycles. The molecule has 0 aliphatic heterocycles. The summed E-state index contributed by atoms with van der Waals surface area (Å²) in [7, 11) is 0. The smallest absolute Gasteiger partial charge is 0.143 e. The Hall–Kier alpha value is -8.34. The Balaban J connectivity index is 0.990. The fourth-order valence-corrected chi connectivity index (χ4v) is 9.63. The Bertz CT molecular complexity index is 3870. The van der Waals surface area contributed by atoms with Gasteiger partial charge in [-0.2, -0.15) is 0 Å². The number of rotatable bonds is 6. The summed E-state index contributed by atoms with van der Waals surface area (Å²) in [5, 5.41) is 9.03. The van der Waals surface area contributed by atoms with Crippen LogP contribution in [-0.2, 0) is 0 Å².